The molecule has 0 bridgehead atoms. The molecule has 100 valence electrons. The van der Waals surface area contributed by atoms with E-state index in [1.807, 2.05) is 50.2 Å². The van der Waals surface area contributed by atoms with Gasteiger partial charge in [-0.2, -0.15) is 0 Å². The minimum Gasteiger partial charge on any atom is -0.497 e. The zero-order valence-electron chi connectivity index (χ0n) is 11.6. The summed E-state index contributed by atoms with van der Waals surface area (Å²) >= 11 is 0. The number of Topliss-reactive ketones (excluding diaryl/α,β-unsaturated/α-hetero) is 1. The second-order valence-corrected chi connectivity index (χ2v) is 5.52. The number of hydrogen-bond acceptors (Lipinski definition) is 3. The van der Waals surface area contributed by atoms with Gasteiger partial charge in [0, 0.05) is 17.5 Å². The third kappa shape index (κ3) is 3.32. The van der Waals surface area contributed by atoms with E-state index in [1.165, 1.54) is 0 Å². The molecule has 0 aromatic heterocycles. The average Bonchev–Trinajstić information content (AvgIpc) is 2.35. The molecule has 0 aliphatic carbocycles. The van der Waals surface area contributed by atoms with Crippen molar-refractivity contribution in [2.75, 3.05) is 7.11 Å². The molecule has 2 rings (SSSR count). The van der Waals surface area contributed by atoms with E-state index >= 15 is 0 Å². The summed E-state index contributed by atoms with van der Waals surface area (Å²) in [6, 6.07) is 11.5. The van der Waals surface area contributed by atoms with E-state index in [0.717, 1.165) is 16.5 Å². The number of carbonyl (C=O) groups excluding carboxylic acids is 1. The van der Waals surface area contributed by atoms with E-state index in [2.05, 4.69) is 0 Å². The van der Waals surface area contributed by atoms with Gasteiger partial charge in [-0.05, 0) is 42.8 Å². The van der Waals surface area contributed by atoms with Crippen LogP contribution in [0.4, 0.5) is 0 Å². The molecule has 0 heterocycles. The number of benzene rings is 2. The number of fused-ring (bicyclic) bond motifs is 1. The smallest absolute Gasteiger partial charge is 0.164 e. The molecule has 0 radical (unpaired) electrons. The van der Waals surface area contributed by atoms with Crippen molar-refractivity contribution in [3.8, 4) is 5.75 Å². The van der Waals surface area contributed by atoms with E-state index in [4.69, 9.17) is 10.5 Å². The molecule has 19 heavy (non-hydrogen) atoms. The fraction of sp³-hybridized carbons (Fsp3) is 0.312. The molecule has 0 fully saturated rings. The van der Waals surface area contributed by atoms with Gasteiger partial charge in [-0.3, -0.25) is 4.79 Å². The number of nitrogens with two attached hydrogens (primary N) is 1. The first kappa shape index (κ1) is 13.6. The molecule has 3 nitrogen and oxygen atoms in total. The van der Waals surface area contributed by atoms with Crippen LogP contribution in [0.2, 0.25) is 0 Å². The van der Waals surface area contributed by atoms with Crippen LogP contribution in [0.5, 0.6) is 5.75 Å². The highest BCUT2D eigenvalue weighted by molar-refractivity contribution is 6.00. The Kier molecular flexibility index (Phi) is 3.58. The summed E-state index contributed by atoms with van der Waals surface area (Å²) < 4.78 is 5.18. The molecule has 0 spiro atoms. The van der Waals surface area contributed by atoms with Crippen LogP contribution < -0.4 is 10.5 Å². The first-order valence-corrected chi connectivity index (χ1v) is 6.29. The summed E-state index contributed by atoms with van der Waals surface area (Å²) in [5, 5.41) is 2.09. The van der Waals surface area contributed by atoms with Crippen molar-refractivity contribution >= 4 is 16.6 Å². The van der Waals surface area contributed by atoms with E-state index in [9.17, 15) is 4.79 Å². The number of rotatable bonds is 4. The molecule has 0 saturated carbocycles. The predicted octanol–water partition coefficient (Wildman–Crippen LogP) is 3.16. The summed E-state index contributed by atoms with van der Waals surface area (Å²) in [6.45, 7) is 3.72. The number of ether oxygens (including phenoxy) is 1. The molecule has 2 aromatic rings. The Balaban J connectivity index is 2.34. The molecule has 2 aromatic carbocycles. The highest BCUT2D eigenvalue weighted by Gasteiger charge is 2.17. The van der Waals surface area contributed by atoms with Gasteiger partial charge in [0.15, 0.2) is 5.78 Å². The minimum atomic E-state index is -0.480. The lowest BCUT2D eigenvalue weighted by molar-refractivity contribution is 0.0960. The standard InChI is InChI=1S/C16H19NO2/c1-16(2,17)10-15(18)13-5-4-12-9-14(19-3)7-6-11(12)8-13/h4-9H,10,17H2,1-3H3. The normalized spacial score (nSPS) is 11.6. The molecule has 0 aliphatic heterocycles. The Labute approximate surface area is 113 Å². The number of hydrogen-bond donors (Lipinski definition) is 1. The average molecular weight is 257 g/mol. The minimum absolute atomic E-state index is 0.0743. The summed E-state index contributed by atoms with van der Waals surface area (Å²) in [5.74, 6) is 0.889. The van der Waals surface area contributed by atoms with Crippen molar-refractivity contribution in [2.24, 2.45) is 5.73 Å². The molecule has 0 unspecified atom stereocenters. The van der Waals surface area contributed by atoms with Crippen LogP contribution in [-0.2, 0) is 0 Å². The quantitative estimate of drug-likeness (QED) is 0.856. The Morgan fingerprint density at radius 3 is 2.42 bits per heavy atom. The third-order valence-electron chi connectivity index (χ3n) is 2.99. The summed E-state index contributed by atoms with van der Waals surface area (Å²) in [6.07, 6.45) is 0.342. The monoisotopic (exact) mass is 257 g/mol. The first-order valence-electron chi connectivity index (χ1n) is 6.29. The van der Waals surface area contributed by atoms with Crippen LogP contribution in [0.25, 0.3) is 10.8 Å². The van der Waals surface area contributed by atoms with Gasteiger partial charge < -0.3 is 10.5 Å². The molecule has 0 amide bonds. The molecule has 0 saturated heterocycles. The van der Waals surface area contributed by atoms with Crippen LogP contribution in [0.1, 0.15) is 30.6 Å². The van der Waals surface area contributed by atoms with Gasteiger partial charge in [0.25, 0.3) is 0 Å². The SMILES string of the molecule is COc1ccc2cc(C(=O)CC(C)(C)N)ccc2c1. The second-order valence-electron chi connectivity index (χ2n) is 5.52. The first-order chi connectivity index (χ1) is 8.89. The van der Waals surface area contributed by atoms with Crippen molar-refractivity contribution in [1.29, 1.82) is 0 Å². The Bertz CT molecular complexity index is 612. The lowest BCUT2D eigenvalue weighted by Crippen LogP contribution is -2.34. The van der Waals surface area contributed by atoms with Crippen LogP contribution in [0.15, 0.2) is 36.4 Å². The van der Waals surface area contributed by atoms with Crippen LogP contribution in [-0.4, -0.2) is 18.4 Å². The largest absolute Gasteiger partial charge is 0.497 e. The summed E-state index contributed by atoms with van der Waals surface area (Å²) in [4.78, 5) is 12.1. The fourth-order valence-corrected chi connectivity index (χ4v) is 2.04. The molecule has 0 atom stereocenters. The van der Waals surface area contributed by atoms with E-state index in [1.54, 1.807) is 7.11 Å². The predicted molar refractivity (Wildman–Crippen MR) is 77.7 cm³/mol. The van der Waals surface area contributed by atoms with Gasteiger partial charge in [0.05, 0.1) is 7.11 Å². The van der Waals surface area contributed by atoms with Crippen LogP contribution in [0.3, 0.4) is 0 Å². The maximum atomic E-state index is 12.1. The lowest BCUT2D eigenvalue weighted by atomic mass is 9.94. The molecule has 0 aliphatic rings. The van der Waals surface area contributed by atoms with Gasteiger partial charge in [-0.1, -0.05) is 18.2 Å². The zero-order chi connectivity index (χ0) is 14.0. The Morgan fingerprint density at radius 1 is 1.16 bits per heavy atom. The van der Waals surface area contributed by atoms with Gasteiger partial charge in [-0.25, -0.2) is 0 Å². The highest BCUT2D eigenvalue weighted by atomic mass is 16.5. The fourth-order valence-electron chi connectivity index (χ4n) is 2.04. The molecule has 2 N–H and O–H groups in total. The van der Waals surface area contributed by atoms with Crippen molar-refractivity contribution in [2.45, 2.75) is 25.8 Å². The van der Waals surface area contributed by atoms with E-state index in [-0.39, 0.29) is 5.78 Å². The maximum Gasteiger partial charge on any atom is 0.164 e. The van der Waals surface area contributed by atoms with Crippen molar-refractivity contribution in [3.63, 3.8) is 0 Å². The summed E-state index contributed by atoms with van der Waals surface area (Å²) in [7, 11) is 1.64. The van der Waals surface area contributed by atoms with Crippen molar-refractivity contribution in [1.82, 2.24) is 0 Å². The molecular formula is C16H19NO2. The number of carbonyl (C=O) groups is 1. The Morgan fingerprint density at radius 2 is 1.79 bits per heavy atom. The number of methoxy groups -OCH3 is 1. The molecule has 3 heteroatoms. The van der Waals surface area contributed by atoms with Gasteiger partial charge in [-0.15, -0.1) is 0 Å². The second kappa shape index (κ2) is 5.02. The molecular weight excluding hydrogens is 238 g/mol. The maximum absolute atomic E-state index is 12.1. The van der Waals surface area contributed by atoms with E-state index < -0.39 is 5.54 Å². The van der Waals surface area contributed by atoms with Gasteiger partial charge in [0.1, 0.15) is 5.75 Å². The van der Waals surface area contributed by atoms with Crippen molar-refractivity contribution in [3.05, 3.63) is 42.0 Å². The third-order valence-corrected chi connectivity index (χ3v) is 2.99. The van der Waals surface area contributed by atoms with Crippen molar-refractivity contribution < 1.29 is 9.53 Å². The van der Waals surface area contributed by atoms with Gasteiger partial charge in [0.2, 0.25) is 0 Å². The number of ketones is 1. The van der Waals surface area contributed by atoms with Crippen LogP contribution >= 0.6 is 0 Å². The topological polar surface area (TPSA) is 52.3 Å². The summed E-state index contributed by atoms with van der Waals surface area (Å²) in [5.41, 5.74) is 6.11. The van der Waals surface area contributed by atoms with Gasteiger partial charge >= 0.3 is 0 Å². The van der Waals surface area contributed by atoms with Crippen LogP contribution in [0, 0.1) is 0 Å². The highest BCUT2D eigenvalue weighted by Crippen LogP contribution is 2.23. The zero-order valence-corrected chi connectivity index (χ0v) is 11.6. The Hall–Kier alpha value is -1.87. The van der Waals surface area contributed by atoms with E-state index in [0.29, 0.717) is 12.0 Å². The lowest BCUT2D eigenvalue weighted by Gasteiger charge is -2.17.